The molecule has 0 bridgehead atoms. The van der Waals surface area contributed by atoms with Crippen molar-refractivity contribution in [3.8, 4) is 11.5 Å². The van der Waals surface area contributed by atoms with E-state index in [0.29, 0.717) is 31.8 Å². The van der Waals surface area contributed by atoms with Crippen molar-refractivity contribution in [2.45, 2.75) is 33.0 Å². The van der Waals surface area contributed by atoms with Crippen LogP contribution in [0.25, 0.3) is 15.9 Å². The van der Waals surface area contributed by atoms with Crippen LogP contribution in [-0.4, -0.2) is 32.0 Å². The van der Waals surface area contributed by atoms with E-state index in [1.807, 2.05) is 13.8 Å². The third-order valence-electron chi connectivity index (χ3n) is 5.63. The summed E-state index contributed by atoms with van der Waals surface area (Å²) < 4.78 is 28.6. The first-order valence-corrected chi connectivity index (χ1v) is 12.3. The largest absolute Gasteiger partial charge is 1.00 e. The zero-order valence-electron chi connectivity index (χ0n) is 20.3. The minimum atomic E-state index is -0.605. The Labute approximate surface area is 237 Å². The van der Waals surface area contributed by atoms with Crippen LogP contribution >= 0.6 is 27.5 Å². The van der Waals surface area contributed by atoms with E-state index in [4.69, 9.17) is 27.6 Å². The lowest BCUT2D eigenvalue weighted by molar-refractivity contribution is -0.419. The molecule has 1 atom stereocenters. The molecule has 2 aromatic carbocycles. The number of ether oxygens (including phenoxy) is 2. The highest BCUT2D eigenvalue weighted by atomic mass is 79.9. The molecule has 0 aliphatic carbocycles. The third-order valence-corrected chi connectivity index (χ3v) is 6.47. The third kappa shape index (κ3) is 6.39. The topological polar surface area (TPSA) is 111 Å². The molecular formula is C25H22BrCl2FN6O3. The van der Waals surface area contributed by atoms with Gasteiger partial charge in [-0.1, -0.05) is 31.5 Å². The lowest BCUT2D eigenvalue weighted by atomic mass is 10.1. The molecule has 9 nitrogen and oxygen atoms in total. The van der Waals surface area contributed by atoms with E-state index in [1.54, 1.807) is 18.2 Å². The van der Waals surface area contributed by atoms with Gasteiger partial charge in [0.25, 0.3) is 0 Å². The summed E-state index contributed by atoms with van der Waals surface area (Å²) in [4.78, 5) is 15.6. The van der Waals surface area contributed by atoms with E-state index in [-0.39, 0.29) is 48.7 Å². The van der Waals surface area contributed by atoms with Gasteiger partial charge in [-0.3, -0.25) is 0 Å². The Hall–Kier alpha value is -3.30. The number of aromatic nitrogens is 4. The number of halogens is 4. The molecule has 13 heteroatoms. The number of carbonyl (C=O) groups excluding carboxylic acids is 1. The van der Waals surface area contributed by atoms with Gasteiger partial charge in [0, 0.05) is 22.7 Å². The molecule has 4 rings (SSSR count). The Morgan fingerprint density at radius 3 is 2.76 bits per heavy atom. The molecule has 0 unspecified atom stereocenters. The number of hydrogen-bond acceptors (Lipinski definition) is 6. The molecule has 2 aromatic heterocycles. The first-order chi connectivity index (χ1) is 17.7. The van der Waals surface area contributed by atoms with Crippen LogP contribution < -0.4 is 22.9 Å². The van der Waals surface area contributed by atoms with Crippen molar-refractivity contribution in [2.75, 3.05) is 0 Å². The van der Waals surface area contributed by atoms with Crippen LogP contribution in [-0.2, 0) is 22.7 Å². The predicted molar refractivity (Wildman–Crippen MR) is 138 cm³/mol. The molecule has 2 heterocycles. The first-order valence-electron chi connectivity index (χ1n) is 11.2. The molecule has 0 aliphatic rings. The van der Waals surface area contributed by atoms with Gasteiger partial charge in [0.2, 0.25) is 0 Å². The lowest BCUT2D eigenvalue weighted by Crippen LogP contribution is -3.00. The molecule has 0 aliphatic heterocycles. The maximum absolute atomic E-state index is 15.6. The standard InChI is InChI=1S/C25H21BrClFN6O3.ClH/c1-13(2)22(29)25(35)36-12-34-24-18(6-7-31-32-24)20(33-34)8-14-4-5-19(26)23(21(14)28)37-17-10-15(27)9-16(11-17)30-3;/h4-7,9-11,13,22H,8,12,29H2,1-2H3;1H/t22-;/m0./s1. The number of quaternary nitrogens is 1. The number of carbonyl (C=O) groups is 1. The van der Waals surface area contributed by atoms with Crippen LogP contribution in [0.15, 0.2) is 47.1 Å². The number of esters is 1. The highest BCUT2D eigenvalue weighted by Gasteiger charge is 2.24. The number of hydrogen-bond donors (Lipinski definition) is 1. The van der Waals surface area contributed by atoms with Gasteiger partial charge in [0.15, 0.2) is 35.7 Å². The summed E-state index contributed by atoms with van der Waals surface area (Å²) >= 11 is 9.39. The van der Waals surface area contributed by atoms with Gasteiger partial charge in [-0.25, -0.2) is 18.7 Å². The molecule has 4 aromatic rings. The van der Waals surface area contributed by atoms with Crippen molar-refractivity contribution in [1.82, 2.24) is 20.0 Å². The van der Waals surface area contributed by atoms with Crippen LogP contribution in [0.5, 0.6) is 11.5 Å². The Morgan fingerprint density at radius 2 is 2.05 bits per heavy atom. The van der Waals surface area contributed by atoms with Crippen molar-refractivity contribution in [3.63, 3.8) is 0 Å². The van der Waals surface area contributed by atoms with E-state index in [9.17, 15) is 4.79 Å². The van der Waals surface area contributed by atoms with E-state index >= 15 is 4.39 Å². The second kappa shape index (κ2) is 12.5. The summed E-state index contributed by atoms with van der Waals surface area (Å²) in [7, 11) is 0. The molecular weight excluding hydrogens is 602 g/mol. The predicted octanol–water partition coefficient (Wildman–Crippen LogP) is 2.09. The molecule has 198 valence electrons. The highest BCUT2D eigenvalue weighted by Crippen LogP contribution is 2.37. The molecule has 3 N–H and O–H groups in total. The lowest BCUT2D eigenvalue weighted by Gasteiger charge is -2.12. The SMILES string of the molecule is [C-]#[N+]c1cc(Cl)cc(Oc2c(Br)ccc(Cc3nn(COC(=O)[C@@H]([NH3+])C(C)C)c4nnccc34)c2F)c1.[Cl-]. The first kappa shape index (κ1) is 29.3. The van der Waals surface area contributed by atoms with Crippen LogP contribution in [0.2, 0.25) is 5.02 Å². The summed E-state index contributed by atoms with van der Waals surface area (Å²) in [5.41, 5.74) is 5.32. The fourth-order valence-electron chi connectivity index (χ4n) is 3.48. The summed E-state index contributed by atoms with van der Waals surface area (Å²) in [5, 5.41) is 13.5. The number of fused-ring (bicyclic) bond motifs is 1. The fraction of sp³-hybridized carbons (Fsp3) is 0.240. The Morgan fingerprint density at radius 1 is 1.29 bits per heavy atom. The van der Waals surface area contributed by atoms with Gasteiger partial charge in [-0.05, 0) is 51.8 Å². The smallest absolute Gasteiger partial charge is 0.366 e. The van der Waals surface area contributed by atoms with Crippen molar-refractivity contribution in [1.29, 1.82) is 0 Å². The van der Waals surface area contributed by atoms with Crippen LogP contribution in [0.3, 0.4) is 0 Å². The van der Waals surface area contributed by atoms with Gasteiger partial charge in [-0.15, -0.1) is 5.10 Å². The number of benzene rings is 2. The second-order valence-corrected chi connectivity index (χ2v) is 9.83. The maximum Gasteiger partial charge on any atom is 0.366 e. The van der Waals surface area contributed by atoms with E-state index in [2.05, 4.69) is 41.8 Å². The Bertz CT molecular complexity index is 1530. The summed E-state index contributed by atoms with van der Waals surface area (Å²) in [6, 6.07) is 8.94. The number of nitrogens with zero attached hydrogens (tertiary/aromatic N) is 5. The van der Waals surface area contributed by atoms with Gasteiger partial charge < -0.3 is 27.6 Å². The highest BCUT2D eigenvalue weighted by molar-refractivity contribution is 9.10. The summed E-state index contributed by atoms with van der Waals surface area (Å²) in [6.07, 6.45) is 1.61. The molecule has 0 saturated carbocycles. The Balaban J connectivity index is 0.00000400. The average Bonchev–Trinajstić information content (AvgIpc) is 3.23. The molecule has 0 amide bonds. The van der Waals surface area contributed by atoms with Crippen molar-refractivity contribution >= 4 is 50.2 Å². The van der Waals surface area contributed by atoms with Crippen LogP contribution in [0.1, 0.15) is 25.1 Å². The zero-order chi connectivity index (χ0) is 26.7. The molecule has 0 spiro atoms. The van der Waals surface area contributed by atoms with Crippen molar-refractivity contribution in [3.05, 3.63) is 80.6 Å². The van der Waals surface area contributed by atoms with Gasteiger partial charge >= 0.3 is 5.97 Å². The van der Waals surface area contributed by atoms with Crippen LogP contribution in [0.4, 0.5) is 10.1 Å². The van der Waals surface area contributed by atoms with E-state index in [1.165, 1.54) is 29.1 Å². The summed E-state index contributed by atoms with van der Waals surface area (Å²) in [6.45, 7) is 10.8. The van der Waals surface area contributed by atoms with Gasteiger partial charge in [0.05, 0.1) is 22.9 Å². The molecule has 0 saturated heterocycles. The van der Waals surface area contributed by atoms with Crippen molar-refractivity contribution in [2.24, 2.45) is 5.92 Å². The van der Waals surface area contributed by atoms with Gasteiger partial charge in [-0.2, -0.15) is 10.2 Å². The molecule has 38 heavy (non-hydrogen) atoms. The monoisotopic (exact) mass is 622 g/mol. The van der Waals surface area contributed by atoms with Crippen molar-refractivity contribution < 1.29 is 36.8 Å². The fourth-order valence-corrected chi connectivity index (χ4v) is 4.09. The normalized spacial score (nSPS) is 11.6. The zero-order valence-corrected chi connectivity index (χ0v) is 23.4. The second-order valence-electron chi connectivity index (χ2n) is 8.54. The van der Waals surface area contributed by atoms with E-state index in [0.717, 1.165) is 0 Å². The maximum atomic E-state index is 15.6. The Kier molecular flexibility index (Phi) is 9.62. The average molecular weight is 624 g/mol. The quantitative estimate of drug-likeness (QED) is 0.238. The van der Waals surface area contributed by atoms with Crippen LogP contribution in [0, 0.1) is 18.3 Å². The van der Waals surface area contributed by atoms with Gasteiger partial charge in [0.1, 0.15) is 5.75 Å². The van der Waals surface area contributed by atoms with E-state index < -0.39 is 17.8 Å². The minimum Gasteiger partial charge on any atom is -1.00 e. The molecule has 0 radical (unpaired) electrons. The minimum absolute atomic E-state index is 0. The molecule has 0 fully saturated rings. The summed E-state index contributed by atoms with van der Waals surface area (Å²) in [5.74, 6) is -0.858. The number of rotatable bonds is 8.